The lowest BCUT2D eigenvalue weighted by molar-refractivity contribution is -0.159. The van der Waals surface area contributed by atoms with Crippen LogP contribution in [-0.4, -0.2) is 18.9 Å². The molecule has 0 fully saturated rings. The molecule has 1 aromatic rings. The fourth-order valence-electron chi connectivity index (χ4n) is 1.28. The summed E-state index contributed by atoms with van der Waals surface area (Å²) in [5, 5.41) is 2.25. The maximum absolute atomic E-state index is 11.8. The van der Waals surface area contributed by atoms with Crippen LogP contribution in [0.5, 0.6) is 0 Å². The fraction of sp³-hybridized carbons (Fsp3) is 0.417. The summed E-state index contributed by atoms with van der Waals surface area (Å²) in [6.07, 6.45) is -5.63. The maximum Gasteiger partial charge on any atom is 0.422 e. The van der Waals surface area contributed by atoms with E-state index in [1.807, 2.05) is 19.9 Å². The van der Waals surface area contributed by atoms with Gasteiger partial charge in [0.25, 0.3) is 0 Å². The molecule has 0 radical (unpaired) electrons. The molecule has 0 saturated heterocycles. The standard InChI is InChI=1S/C12H14F3NO2/c1-8(2)9-4-3-5-10(6-9)16-11(17)18-7-12(13,14)15/h3-6,8H,7H2,1-2H3,(H,16,17). The number of amides is 1. The smallest absolute Gasteiger partial charge is 0.422 e. The Kier molecular flexibility index (Phi) is 4.58. The summed E-state index contributed by atoms with van der Waals surface area (Å²) in [5.74, 6) is 0.262. The van der Waals surface area contributed by atoms with E-state index in [1.54, 1.807) is 18.2 Å². The van der Waals surface area contributed by atoms with Crippen LogP contribution >= 0.6 is 0 Å². The largest absolute Gasteiger partial charge is 0.440 e. The Labute approximate surface area is 103 Å². The monoisotopic (exact) mass is 261 g/mol. The number of anilines is 1. The summed E-state index contributed by atoms with van der Waals surface area (Å²) in [7, 11) is 0. The van der Waals surface area contributed by atoms with Crippen molar-refractivity contribution in [3.05, 3.63) is 29.8 Å². The highest BCUT2D eigenvalue weighted by molar-refractivity contribution is 5.84. The van der Waals surface area contributed by atoms with E-state index in [0.29, 0.717) is 5.69 Å². The Morgan fingerprint density at radius 2 is 2.06 bits per heavy atom. The van der Waals surface area contributed by atoms with Gasteiger partial charge in [0.2, 0.25) is 0 Å². The summed E-state index contributed by atoms with van der Waals surface area (Å²) in [6, 6.07) is 6.87. The quantitative estimate of drug-likeness (QED) is 0.895. The van der Waals surface area contributed by atoms with Gasteiger partial charge in [0.1, 0.15) is 0 Å². The number of alkyl halides is 3. The molecule has 18 heavy (non-hydrogen) atoms. The van der Waals surface area contributed by atoms with E-state index in [-0.39, 0.29) is 5.92 Å². The molecule has 0 heterocycles. The topological polar surface area (TPSA) is 38.3 Å². The number of nitrogens with one attached hydrogen (secondary N) is 1. The number of carbonyl (C=O) groups is 1. The predicted molar refractivity (Wildman–Crippen MR) is 61.6 cm³/mol. The Hall–Kier alpha value is -1.72. The minimum Gasteiger partial charge on any atom is -0.440 e. The van der Waals surface area contributed by atoms with Crippen molar-refractivity contribution in [2.45, 2.75) is 25.9 Å². The van der Waals surface area contributed by atoms with E-state index in [4.69, 9.17) is 0 Å². The van der Waals surface area contributed by atoms with Crippen molar-refractivity contribution in [3.63, 3.8) is 0 Å². The second-order valence-corrected chi connectivity index (χ2v) is 4.10. The lowest BCUT2D eigenvalue weighted by Gasteiger charge is -2.11. The normalized spacial score (nSPS) is 11.4. The van der Waals surface area contributed by atoms with E-state index in [1.165, 1.54) is 0 Å². The molecule has 0 saturated carbocycles. The third-order valence-corrected chi connectivity index (χ3v) is 2.17. The van der Waals surface area contributed by atoms with Crippen molar-refractivity contribution in [2.24, 2.45) is 0 Å². The van der Waals surface area contributed by atoms with Crippen molar-refractivity contribution < 1.29 is 22.7 Å². The molecule has 0 aliphatic heterocycles. The lowest BCUT2D eigenvalue weighted by Crippen LogP contribution is -2.23. The van der Waals surface area contributed by atoms with Crippen LogP contribution < -0.4 is 5.32 Å². The molecule has 1 N–H and O–H groups in total. The molecule has 0 unspecified atom stereocenters. The zero-order valence-electron chi connectivity index (χ0n) is 10.0. The first-order chi connectivity index (χ1) is 8.28. The van der Waals surface area contributed by atoms with Gasteiger partial charge in [0.15, 0.2) is 6.61 Å². The van der Waals surface area contributed by atoms with Crippen LogP contribution in [-0.2, 0) is 4.74 Å². The van der Waals surface area contributed by atoms with Crippen LogP contribution in [0.25, 0.3) is 0 Å². The van der Waals surface area contributed by atoms with E-state index in [2.05, 4.69) is 10.1 Å². The highest BCUT2D eigenvalue weighted by Crippen LogP contribution is 2.19. The minimum atomic E-state index is -4.52. The van der Waals surface area contributed by atoms with Gasteiger partial charge in [-0.1, -0.05) is 26.0 Å². The van der Waals surface area contributed by atoms with Crippen LogP contribution in [0, 0.1) is 0 Å². The molecule has 1 amide bonds. The molecular weight excluding hydrogens is 247 g/mol. The average molecular weight is 261 g/mol. The number of ether oxygens (including phenoxy) is 1. The van der Waals surface area contributed by atoms with Crippen molar-refractivity contribution in [2.75, 3.05) is 11.9 Å². The van der Waals surface area contributed by atoms with Crippen LogP contribution in [0.15, 0.2) is 24.3 Å². The highest BCUT2D eigenvalue weighted by atomic mass is 19.4. The Bertz CT molecular complexity index is 416. The van der Waals surface area contributed by atoms with E-state index < -0.39 is 18.9 Å². The van der Waals surface area contributed by atoms with Gasteiger partial charge in [-0.05, 0) is 23.6 Å². The Balaban J connectivity index is 2.57. The lowest BCUT2D eigenvalue weighted by atomic mass is 10.0. The van der Waals surface area contributed by atoms with Gasteiger partial charge in [0, 0.05) is 5.69 Å². The second kappa shape index (κ2) is 5.75. The summed E-state index contributed by atoms with van der Waals surface area (Å²) in [4.78, 5) is 11.1. The third-order valence-electron chi connectivity index (χ3n) is 2.17. The first kappa shape index (κ1) is 14.3. The van der Waals surface area contributed by atoms with Gasteiger partial charge < -0.3 is 4.74 Å². The number of carbonyl (C=O) groups excluding carboxylic acids is 1. The highest BCUT2D eigenvalue weighted by Gasteiger charge is 2.29. The zero-order valence-corrected chi connectivity index (χ0v) is 10.0. The predicted octanol–water partition coefficient (Wildman–Crippen LogP) is 3.92. The molecule has 1 rings (SSSR count). The van der Waals surface area contributed by atoms with Gasteiger partial charge >= 0.3 is 12.3 Å². The summed E-state index contributed by atoms with van der Waals surface area (Å²) in [6.45, 7) is 2.35. The first-order valence-electron chi connectivity index (χ1n) is 5.38. The van der Waals surface area contributed by atoms with Crippen molar-refractivity contribution in [1.82, 2.24) is 0 Å². The fourth-order valence-corrected chi connectivity index (χ4v) is 1.28. The molecule has 0 aliphatic rings. The van der Waals surface area contributed by atoms with E-state index in [9.17, 15) is 18.0 Å². The third kappa shape index (κ3) is 5.07. The number of halogens is 3. The summed E-state index contributed by atoms with van der Waals surface area (Å²) in [5.41, 5.74) is 1.39. The molecule has 1 aromatic carbocycles. The average Bonchev–Trinajstić information content (AvgIpc) is 2.26. The van der Waals surface area contributed by atoms with Crippen molar-refractivity contribution in [3.8, 4) is 0 Å². The molecule has 6 heteroatoms. The minimum absolute atomic E-state index is 0.262. The zero-order chi connectivity index (χ0) is 13.8. The van der Waals surface area contributed by atoms with Crippen molar-refractivity contribution >= 4 is 11.8 Å². The van der Waals surface area contributed by atoms with Gasteiger partial charge in [0.05, 0.1) is 0 Å². The van der Waals surface area contributed by atoms with Crippen LogP contribution in [0.3, 0.4) is 0 Å². The Morgan fingerprint density at radius 1 is 1.39 bits per heavy atom. The maximum atomic E-state index is 11.8. The van der Waals surface area contributed by atoms with Crippen molar-refractivity contribution in [1.29, 1.82) is 0 Å². The summed E-state index contributed by atoms with van der Waals surface area (Å²) >= 11 is 0. The second-order valence-electron chi connectivity index (χ2n) is 4.10. The summed E-state index contributed by atoms with van der Waals surface area (Å²) < 4.78 is 39.5. The molecule has 0 bridgehead atoms. The molecular formula is C12H14F3NO2. The molecule has 0 aromatic heterocycles. The molecule has 100 valence electrons. The molecule has 0 spiro atoms. The van der Waals surface area contributed by atoms with Crippen LogP contribution in [0.4, 0.5) is 23.7 Å². The van der Waals surface area contributed by atoms with Crippen LogP contribution in [0.2, 0.25) is 0 Å². The van der Waals surface area contributed by atoms with Gasteiger partial charge in [-0.25, -0.2) is 4.79 Å². The molecule has 3 nitrogen and oxygen atoms in total. The SMILES string of the molecule is CC(C)c1cccc(NC(=O)OCC(F)(F)F)c1. The number of hydrogen-bond donors (Lipinski definition) is 1. The first-order valence-corrected chi connectivity index (χ1v) is 5.38. The number of benzene rings is 1. The van der Waals surface area contributed by atoms with E-state index >= 15 is 0 Å². The van der Waals surface area contributed by atoms with Gasteiger partial charge in [-0.15, -0.1) is 0 Å². The van der Waals surface area contributed by atoms with Gasteiger partial charge in [-0.2, -0.15) is 13.2 Å². The van der Waals surface area contributed by atoms with Crippen LogP contribution in [0.1, 0.15) is 25.3 Å². The number of hydrogen-bond acceptors (Lipinski definition) is 2. The number of rotatable bonds is 3. The van der Waals surface area contributed by atoms with Gasteiger partial charge in [-0.3, -0.25) is 5.32 Å². The Morgan fingerprint density at radius 3 is 2.61 bits per heavy atom. The molecule has 0 atom stereocenters. The van der Waals surface area contributed by atoms with E-state index in [0.717, 1.165) is 5.56 Å². The molecule has 0 aliphatic carbocycles.